The minimum Gasteiger partial charge on any atom is -0.330 e. The second-order valence-electron chi connectivity index (χ2n) is 5.77. The Morgan fingerprint density at radius 3 is 2.54 bits per heavy atom. The molecule has 3 nitrogen and oxygen atoms in total. The van der Waals surface area contributed by atoms with Gasteiger partial charge >= 0.3 is 0 Å². The van der Waals surface area contributed by atoms with Crippen LogP contribution in [0.2, 0.25) is 0 Å². The third kappa shape index (κ3) is 4.09. The van der Waals surface area contributed by atoms with Crippen molar-refractivity contribution in [3.8, 4) is 0 Å². The molecule has 122 valence electrons. The molecule has 0 aliphatic heterocycles. The lowest BCUT2D eigenvalue weighted by Crippen LogP contribution is -2.39. The molecule has 0 radical (unpaired) electrons. The van der Waals surface area contributed by atoms with Crippen molar-refractivity contribution in [2.45, 2.75) is 25.9 Å². The van der Waals surface area contributed by atoms with E-state index in [1.165, 1.54) is 4.88 Å². The Morgan fingerprint density at radius 2 is 1.88 bits per heavy atom. The molecule has 0 aliphatic rings. The third-order valence-electron chi connectivity index (χ3n) is 3.95. The molecule has 1 aromatic carbocycles. The van der Waals surface area contributed by atoms with Crippen LogP contribution in [0.4, 0.5) is 0 Å². The summed E-state index contributed by atoms with van der Waals surface area (Å²) in [5.74, 6) is -0.0245. The first-order chi connectivity index (χ1) is 11.7. The number of hydrogen-bond donors (Lipinski definition) is 0. The summed E-state index contributed by atoms with van der Waals surface area (Å²) >= 11 is 1.73. The summed E-state index contributed by atoms with van der Waals surface area (Å²) in [5.41, 5.74) is 1.62. The number of pyridine rings is 1. The number of carbonyl (C=O) groups is 1. The number of nitrogens with zero attached hydrogens (tertiary/aromatic N) is 2. The van der Waals surface area contributed by atoms with Crippen LogP contribution in [0.1, 0.15) is 27.9 Å². The smallest absolute Gasteiger partial charge is 0.272 e. The zero-order valence-electron chi connectivity index (χ0n) is 13.6. The van der Waals surface area contributed by atoms with Crippen LogP contribution in [0.5, 0.6) is 0 Å². The predicted molar refractivity (Wildman–Crippen MR) is 98.0 cm³/mol. The summed E-state index contributed by atoms with van der Waals surface area (Å²) in [7, 11) is 0. The molecule has 0 saturated carbocycles. The van der Waals surface area contributed by atoms with E-state index >= 15 is 0 Å². The van der Waals surface area contributed by atoms with Gasteiger partial charge in [0, 0.05) is 30.1 Å². The fourth-order valence-corrected chi connectivity index (χ4v) is 3.50. The zero-order chi connectivity index (χ0) is 16.8. The van der Waals surface area contributed by atoms with Gasteiger partial charge in [-0.05, 0) is 36.1 Å². The van der Waals surface area contributed by atoms with Gasteiger partial charge in [0.2, 0.25) is 0 Å². The Labute approximate surface area is 146 Å². The minimum atomic E-state index is -0.0245. The number of amides is 1. The summed E-state index contributed by atoms with van der Waals surface area (Å²) in [6.07, 6.45) is 2.51. The molecule has 1 atom stereocenters. The highest BCUT2D eigenvalue weighted by Gasteiger charge is 2.23. The van der Waals surface area contributed by atoms with E-state index in [-0.39, 0.29) is 11.9 Å². The molecule has 3 rings (SSSR count). The Bertz CT molecular complexity index is 757. The molecule has 0 aliphatic carbocycles. The van der Waals surface area contributed by atoms with E-state index in [1.807, 2.05) is 35.2 Å². The average molecular weight is 336 g/mol. The molecule has 0 spiro atoms. The molecule has 0 fully saturated rings. The van der Waals surface area contributed by atoms with Gasteiger partial charge in [-0.2, -0.15) is 0 Å². The van der Waals surface area contributed by atoms with Crippen LogP contribution >= 0.6 is 11.3 Å². The lowest BCUT2D eigenvalue weighted by molar-refractivity contribution is 0.0670. The van der Waals surface area contributed by atoms with Gasteiger partial charge in [0.25, 0.3) is 5.91 Å². The molecule has 0 saturated heterocycles. The summed E-state index contributed by atoms with van der Waals surface area (Å²) in [6, 6.07) is 19.8. The van der Waals surface area contributed by atoms with E-state index in [1.54, 1.807) is 23.6 Å². The zero-order valence-corrected chi connectivity index (χ0v) is 14.4. The molecule has 24 heavy (non-hydrogen) atoms. The fourth-order valence-electron chi connectivity index (χ4n) is 2.67. The average Bonchev–Trinajstić information content (AvgIpc) is 3.13. The molecule has 2 heterocycles. The molecular weight excluding hydrogens is 316 g/mol. The Hall–Kier alpha value is -2.46. The highest BCUT2D eigenvalue weighted by Crippen LogP contribution is 2.18. The first kappa shape index (κ1) is 16.4. The lowest BCUT2D eigenvalue weighted by atomic mass is 10.1. The summed E-state index contributed by atoms with van der Waals surface area (Å²) in [6.45, 7) is 2.69. The Balaban J connectivity index is 1.83. The topological polar surface area (TPSA) is 33.2 Å². The maximum Gasteiger partial charge on any atom is 0.272 e. The van der Waals surface area contributed by atoms with Crippen molar-refractivity contribution in [3.63, 3.8) is 0 Å². The number of thiophene rings is 1. The maximum absolute atomic E-state index is 13.0. The molecule has 1 amide bonds. The standard InChI is InChI=1S/C20H20N2OS/c1-16(14-18-10-7-13-24-18)22(15-17-8-3-2-4-9-17)20(23)19-11-5-6-12-21-19/h2-13,16H,14-15H2,1H3. The monoisotopic (exact) mass is 336 g/mol. The van der Waals surface area contributed by atoms with E-state index in [4.69, 9.17) is 0 Å². The molecule has 2 aromatic heterocycles. The number of aromatic nitrogens is 1. The van der Waals surface area contributed by atoms with Crippen LogP contribution < -0.4 is 0 Å². The van der Waals surface area contributed by atoms with Gasteiger partial charge in [0.1, 0.15) is 5.69 Å². The highest BCUT2D eigenvalue weighted by atomic mass is 32.1. The van der Waals surface area contributed by atoms with Gasteiger partial charge in [-0.1, -0.05) is 42.5 Å². The number of benzene rings is 1. The highest BCUT2D eigenvalue weighted by molar-refractivity contribution is 7.09. The summed E-state index contributed by atoms with van der Waals surface area (Å²) in [5, 5.41) is 2.07. The van der Waals surface area contributed by atoms with Gasteiger partial charge in [-0.3, -0.25) is 9.78 Å². The Morgan fingerprint density at radius 1 is 1.08 bits per heavy atom. The van der Waals surface area contributed by atoms with Gasteiger partial charge in [0.15, 0.2) is 0 Å². The number of rotatable bonds is 6. The molecule has 0 bridgehead atoms. The van der Waals surface area contributed by atoms with Crippen LogP contribution in [-0.2, 0) is 13.0 Å². The molecule has 3 aromatic rings. The molecule has 0 N–H and O–H groups in total. The largest absolute Gasteiger partial charge is 0.330 e. The van der Waals surface area contributed by atoms with Gasteiger partial charge in [0.05, 0.1) is 0 Å². The van der Waals surface area contributed by atoms with Crippen LogP contribution in [-0.4, -0.2) is 21.8 Å². The van der Waals surface area contributed by atoms with Crippen LogP contribution in [0.25, 0.3) is 0 Å². The van der Waals surface area contributed by atoms with E-state index in [0.717, 1.165) is 12.0 Å². The summed E-state index contributed by atoms with van der Waals surface area (Å²) in [4.78, 5) is 20.4. The maximum atomic E-state index is 13.0. The van der Waals surface area contributed by atoms with Crippen LogP contribution in [0.3, 0.4) is 0 Å². The molecule has 4 heteroatoms. The quantitative estimate of drug-likeness (QED) is 0.668. The molecular formula is C20H20N2OS. The first-order valence-electron chi connectivity index (χ1n) is 8.02. The Kier molecular flexibility index (Phi) is 5.39. The van der Waals surface area contributed by atoms with Crippen LogP contribution in [0, 0.1) is 0 Å². The van der Waals surface area contributed by atoms with Crippen molar-refractivity contribution in [3.05, 3.63) is 88.4 Å². The van der Waals surface area contributed by atoms with Gasteiger partial charge in [-0.25, -0.2) is 0 Å². The third-order valence-corrected chi connectivity index (χ3v) is 4.85. The SMILES string of the molecule is CC(Cc1cccs1)N(Cc1ccccc1)C(=O)c1ccccn1. The van der Waals surface area contributed by atoms with E-state index < -0.39 is 0 Å². The first-order valence-corrected chi connectivity index (χ1v) is 8.90. The van der Waals surface area contributed by atoms with Crippen molar-refractivity contribution in [2.75, 3.05) is 0 Å². The van der Waals surface area contributed by atoms with Crippen molar-refractivity contribution in [1.82, 2.24) is 9.88 Å². The van der Waals surface area contributed by atoms with E-state index in [9.17, 15) is 4.79 Å². The number of hydrogen-bond acceptors (Lipinski definition) is 3. The van der Waals surface area contributed by atoms with E-state index in [0.29, 0.717) is 12.2 Å². The number of carbonyl (C=O) groups excluding carboxylic acids is 1. The predicted octanol–water partition coefficient (Wildman–Crippen LogP) is 4.42. The van der Waals surface area contributed by atoms with Crippen LogP contribution in [0.15, 0.2) is 72.2 Å². The van der Waals surface area contributed by atoms with Crippen molar-refractivity contribution in [2.24, 2.45) is 0 Å². The fraction of sp³-hybridized carbons (Fsp3) is 0.200. The summed E-state index contributed by atoms with van der Waals surface area (Å²) < 4.78 is 0. The molecule has 1 unspecified atom stereocenters. The van der Waals surface area contributed by atoms with Crippen molar-refractivity contribution >= 4 is 17.2 Å². The van der Waals surface area contributed by atoms with E-state index in [2.05, 4.69) is 41.6 Å². The minimum absolute atomic E-state index is 0.0245. The van der Waals surface area contributed by atoms with Gasteiger partial charge < -0.3 is 4.90 Å². The van der Waals surface area contributed by atoms with Crippen molar-refractivity contribution < 1.29 is 4.79 Å². The second kappa shape index (κ2) is 7.88. The normalized spacial score (nSPS) is 11.9. The second-order valence-corrected chi connectivity index (χ2v) is 6.80. The van der Waals surface area contributed by atoms with Crippen molar-refractivity contribution in [1.29, 1.82) is 0 Å². The lowest BCUT2D eigenvalue weighted by Gasteiger charge is -2.29. The van der Waals surface area contributed by atoms with Gasteiger partial charge in [-0.15, -0.1) is 11.3 Å².